The maximum absolute atomic E-state index is 15.8. The van der Waals surface area contributed by atoms with Gasteiger partial charge in [0.1, 0.15) is 48.1 Å². The lowest BCUT2D eigenvalue weighted by Crippen LogP contribution is -2.50. The molecule has 81 heavy (non-hydrogen) atoms. The molecule has 0 unspecified atom stereocenters. The number of aromatic amines is 1. The number of alkyl halides is 3. The third-order valence-corrected chi connectivity index (χ3v) is 15.6. The predicted molar refractivity (Wildman–Crippen MR) is 289 cm³/mol. The van der Waals surface area contributed by atoms with E-state index in [-0.39, 0.29) is 89.1 Å². The number of likely N-dealkylation sites (tertiary alicyclic amines) is 1. The fourth-order valence-electron chi connectivity index (χ4n) is 11.0. The second-order valence-corrected chi connectivity index (χ2v) is 21.3. The van der Waals surface area contributed by atoms with Crippen molar-refractivity contribution >= 4 is 51.0 Å². The number of halogens is 5. The summed E-state index contributed by atoms with van der Waals surface area (Å²) in [6.45, 7) is 5.62. The molecule has 3 aliphatic rings. The van der Waals surface area contributed by atoms with E-state index in [1.807, 2.05) is 36.9 Å². The molecule has 422 valence electrons. The summed E-state index contributed by atoms with van der Waals surface area (Å²) in [5, 5.41) is 50.2. The van der Waals surface area contributed by atoms with Crippen LogP contribution in [0.5, 0.6) is 11.8 Å². The van der Waals surface area contributed by atoms with Gasteiger partial charge in [-0.3, -0.25) is 14.7 Å². The van der Waals surface area contributed by atoms with Crippen molar-refractivity contribution in [1.82, 2.24) is 60.9 Å². The Balaban J connectivity index is 0.882. The highest BCUT2D eigenvalue weighted by Gasteiger charge is 2.45. The number of methoxy groups -OCH3 is 1. The average molecular weight is 1130 g/mol. The van der Waals surface area contributed by atoms with E-state index in [1.54, 1.807) is 61.9 Å². The molecule has 25 heteroatoms. The number of rotatable bonds is 18. The number of H-pyrrole nitrogens is 1. The summed E-state index contributed by atoms with van der Waals surface area (Å²) in [5.41, 5.74) is 1.78. The summed E-state index contributed by atoms with van der Waals surface area (Å²) < 4.78 is 82.6. The average Bonchev–Trinajstić information content (AvgIpc) is 3.76. The number of β-amino-alcohol motifs (C(OH)–C–C–N with tert-alkyl or cyclic N) is 1. The number of carbonyl (C=O) groups is 2. The minimum absolute atomic E-state index is 0.0113. The van der Waals surface area contributed by atoms with Gasteiger partial charge in [0.15, 0.2) is 5.75 Å². The van der Waals surface area contributed by atoms with Gasteiger partial charge in [0.25, 0.3) is 0 Å². The van der Waals surface area contributed by atoms with Crippen molar-refractivity contribution in [2.45, 2.75) is 88.8 Å². The molecule has 3 fully saturated rings. The van der Waals surface area contributed by atoms with Crippen LogP contribution in [0.25, 0.3) is 55.3 Å². The highest BCUT2D eigenvalue weighted by Crippen LogP contribution is 2.52. The number of aliphatic hydroxyl groups is 2. The number of amides is 2. The van der Waals surface area contributed by atoms with Crippen molar-refractivity contribution in [3.05, 3.63) is 119 Å². The van der Waals surface area contributed by atoms with Crippen molar-refractivity contribution in [1.29, 1.82) is 0 Å². The molecule has 0 aliphatic carbocycles. The van der Waals surface area contributed by atoms with E-state index >= 15 is 17.6 Å². The minimum atomic E-state index is -5.04. The summed E-state index contributed by atoms with van der Waals surface area (Å²) in [7, 11) is 1.51. The molecule has 20 nitrogen and oxygen atoms in total. The number of hydrogen-bond donors (Lipinski definition) is 5. The summed E-state index contributed by atoms with van der Waals surface area (Å²) in [6.07, 6.45) is 0.354. The molecule has 0 radical (unpaired) electrons. The van der Waals surface area contributed by atoms with Crippen LogP contribution in [0, 0.1) is 11.7 Å². The number of fused-ring (bicyclic) bond motifs is 4. The van der Waals surface area contributed by atoms with E-state index in [0.717, 1.165) is 29.7 Å². The van der Waals surface area contributed by atoms with Crippen molar-refractivity contribution in [3.8, 4) is 45.3 Å². The van der Waals surface area contributed by atoms with Gasteiger partial charge in [-0.15, -0.1) is 5.10 Å². The number of aromatic nitrogens is 9. The lowest BCUT2D eigenvalue weighted by atomic mass is 9.93. The second kappa shape index (κ2) is 22.6. The van der Waals surface area contributed by atoms with E-state index in [9.17, 15) is 19.8 Å². The zero-order valence-corrected chi connectivity index (χ0v) is 45.0. The van der Waals surface area contributed by atoms with Gasteiger partial charge >= 0.3 is 12.2 Å². The molecular formula is C56H56ClF4N13O7. The van der Waals surface area contributed by atoms with Crippen molar-refractivity contribution < 1.29 is 51.6 Å². The number of nitrogens with zero attached hydrogens (tertiary/aromatic N) is 10. The first kappa shape index (κ1) is 55.0. The first-order valence-electron chi connectivity index (χ1n) is 26.3. The SMILES string of the molecule is CO[C@@H](C)COc1nc(N2C[C@@H]3C[C@H]2CN3)c2cc(C(F)(F)F)c(-c3c(Cl)c(F)cc4[nH]ncc34)c(OCc3ccc(-c4cn([C@H](C(=O)N5C[C@H](O)C[C@H]5C(=O)N[C@@H](CO)c5ccc(-c6ccnnc6)cc5)C(C)C)nn4)cc3)c2n1. The molecule has 5 N–H and O–H groups in total. The molecule has 11 rings (SSSR count). The molecule has 0 saturated carbocycles. The third kappa shape index (κ3) is 10.9. The van der Waals surface area contributed by atoms with Crippen LogP contribution in [0.1, 0.15) is 62.4 Å². The van der Waals surface area contributed by atoms with Crippen molar-refractivity contribution in [2.24, 2.45) is 5.92 Å². The van der Waals surface area contributed by atoms with Gasteiger partial charge in [0.2, 0.25) is 11.8 Å². The fraction of sp³-hybridized carbons (Fsp3) is 0.375. The number of hydrogen-bond acceptors (Lipinski definition) is 16. The maximum Gasteiger partial charge on any atom is 0.417 e. The Hall–Kier alpha value is -7.90. The smallest absolute Gasteiger partial charge is 0.417 e. The van der Waals surface area contributed by atoms with Gasteiger partial charge in [-0.1, -0.05) is 79.2 Å². The van der Waals surface area contributed by atoms with Gasteiger partial charge in [-0.05, 0) is 48.1 Å². The Morgan fingerprint density at radius 2 is 1.70 bits per heavy atom. The monoisotopic (exact) mass is 1130 g/mol. The Labute approximate surface area is 465 Å². The fourth-order valence-corrected chi connectivity index (χ4v) is 11.2. The number of ether oxygens (including phenoxy) is 3. The Morgan fingerprint density at radius 3 is 2.38 bits per heavy atom. The summed E-state index contributed by atoms with van der Waals surface area (Å²) in [6, 6.07) is 14.9. The molecule has 0 spiro atoms. The highest BCUT2D eigenvalue weighted by molar-refractivity contribution is 6.35. The molecule has 2 bridgehead atoms. The maximum atomic E-state index is 15.8. The lowest BCUT2D eigenvalue weighted by Gasteiger charge is -2.30. The first-order valence-corrected chi connectivity index (χ1v) is 26.7. The van der Waals surface area contributed by atoms with E-state index in [1.165, 1.54) is 22.9 Å². The van der Waals surface area contributed by atoms with E-state index in [4.69, 9.17) is 35.8 Å². The first-order chi connectivity index (χ1) is 39.0. The highest BCUT2D eigenvalue weighted by atomic mass is 35.5. The van der Waals surface area contributed by atoms with Crippen LogP contribution in [-0.2, 0) is 27.1 Å². The number of carbonyl (C=O) groups excluding carboxylic acids is 2. The van der Waals surface area contributed by atoms with Gasteiger partial charge in [0.05, 0.1) is 65.7 Å². The van der Waals surface area contributed by atoms with Gasteiger partial charge in [-0.25, -0.2) is 9.07 Å². The minimum Gasteiger partial charge on any atom is -0.486 e. The Kier molecular flexibility index (Phi) is 15.3. The summed E-state index contributed by atoms with van der Waals surface area (Å²) in [5.74, 6) is -2.52. The number of piperazine rings is 1. The number of anilines is 1. The van der Waals surface area contributed by atoms with Crippen LogP contribution in [0.15, 0.2) is 91.5 Å². The third-order valence-electron chi connectivity index (χ3n) is 15.2. The number of aliphatic hydroxyl groups excluding tert-OH is 2. The second-order valence-electron chi connectivity index (χ2n) is 20.9. The summed E-state index contributed by atoms with van der Waals surface area (Å²) in [4.78, 5) is 41.2. The molecule has 7 atom stereocenters. The van der Waals surface area contributed by atoms with Crippen LogP contribution in [0.3, 0.4) is 0 Å². The molecule has 3 saturated heterocycles. The molecule has 7 heterocycles. The van der Waals surface area contributed by atoms with Crippen LogP contribution >= 0.6 is 11.6 Å². The van der Waals surface area contributed by atoms with Crippen molar-refractivity contribution in [3.63, 3.8) is 0 Å². The Morgan fingerprint density at radius 1 is 0.926 bits per heavy atom. The van der Waals surface area contributed by atoms with Crippen LogP contribution in [-0.4, -0.2) is 143 Å². The lowest BCUT2D eigenvalue weighted by molar-refractivity contribution is -0.142. The van der Waals surface area contributed by atoms with Crippen molar-refractivity contribution in [2.75, 3.05) is 44.9 Å². The standard InChI is InChI=1S/C56H56ClF4N13O7/c1-28(2)50(54(78)73-23-37(76)16-45(73)53(77)66-44(25-75)33-11-9-31(10-12-33)34-13-14-63-64-19-34)74-24-43(70-71-74)32-7-5-30(6-8-32)27-80-51-47(46-39-21-65-69-42(39)18-41(58)48(46)57)40(56(59,60)61)17-38-49(51)67-55(81-26-29(3)79-4)68-52(38)72-22-35-15-36(72)20-62-35/h5-14,17-19,21,24,28-29,35-37,44-45,50,62,75-76H,15-16,20,22-23,25-27H2,1-4H3,(H,65,69)(H,66,77)/t29-,35-,36-,37+,44-,45-,50-/m0/s1. The van der Waals surface area contributed by atoms with E-state index < -0.39 is 76.9 Å². The van der Waals surface area contributed by atoms with Crippen LogP contribution in [0.4, 0.5) is 23.4 Å². The number of benzene rings is 4. The molecule has 2 amide bonds. The molecular weight excluding hydrogens is 1080 g/mol. The summed E-state index contributed by atoms with van der Waals surface area (Å²) >= 11 is 6.69. The zero-order chi connectivity index (χ0) is 56.9. The largest absolute Gasteiger partial charge is 0.486 e. The molecule has 4 aromatic heterocycles. The quantitative estimate of drug-likeness (QED) is 0.0531. The van der Waals surface area contributed by atoms with Crippen LogP contribution < -0.4 is 25.0 Å². The Bertz CT molecular complexity index is 3610. The van der Waals surface area contributed by atoms with E-state index in [0.29, 0.717) is 35.5 Å². The topological polar surface area (TPSA) is 244 Å². The molecule has 4 aromatic carbocycles. The molecule has 3 aliphatic heterocycles. The normalized spacial score (nSPS) is 19.2. The van der Waals surface area contributed by atoms with Gasteiger partial charge in [0, 0.05) is 84.3 Å². The van der Waals surface area contributed by atoms with Gasteiger partial charge in [-0.2, -0.15) is 38.4 Å². The molecule has 8 aromatic rings. The van der Waals surface area contributed by atoms with Gasteiger partial charge < -0.3 is 44.9 Å². The van der Waals surface area contributed by atoms with E-state index in [2.05, 4.69) is 41.3 Å². The van der Waals surface area contributed by atoms with Crippen LogP contribution in [0.2, 0.25) is 5.02 Å². The number of nitrogens with one attached hydrogen (secondary N) is 3. The zero-order valence-electron chi connectivity index (χ0n) is 44.2. The predicted octanol–water partition coefficient (Wildman–Crippen LogP) is 7.25.